The fourth-order valence-corrected chi connectivity index (χ4v) is 2.94. The van der Waals surface area contributed by atoms with E-state index in [0.29, 0.717) is 12.5 Å². The monoisotopic (exact) mass is 448 g/mol. The summed E-state index contributed by atoms with van der Waals surface area (Å²) in [6.07, 6.45) is 2.64. The van der Waals surface area contributed by atoms with Gasteiger partial charge in [-0.05, 0) is 30.7 Å². The van der Waals surface area contributed by atoms with Crippen molar-refractivity contribution in [2.75, 3.05) is 13.1 Å². The third kappa shape index (κ3) is 6.86. The second kappa shape index (κ2) is 10.6. The van der Waals surface area contributed by atoms with E-state index in [4.69, 9.17) is 0 Å². The molecule has 2 rings (SSSR count). The molecule has 0 aliphatic carbocycles. The van der Waals surface area contributed by atoms with Crippen LogP contribution in [0.4, 0.5) is 0 Å². The molecule has 128 valence electrons. The zero-order chi connectivity index (χ0) is 15.8. The summed E-state index contributed by atoms with van der Waals surface area (Å²) in [5.74, 6) is 2.23. The third-order valence-electron chi connectivity index (χ3n) is 3.28. The maximum Gasteiger partial charge on any atom is 0.191 e. The van der Waals surface area contributed by atoms with Crippen molar-refractivity contribution in [3.63, 3.8) is 0 Å². The van der Waals surface area contributed by atoms with E-state index in [1.807, 2.05) is 18.4 Å². The number of halogens is 1. The van der Waals surface area contributed by atoms with Crippen LogP contribution in [0.15, 0.2) is 28.8 Å². The first-order chi connectivity index (χ1) is 10.7. The zero-order valence-electron chi connectivity index (χ0n) is 13.8. The van der Waals surface area contributed by atoms with E-state index in [-0.39, 0.29) is 24.0 Å². The molecule has 0 spiro atoms. The number of aliphatic imine (C=N–C) groups is 1. The summed E-state index contributed by atoms with van der Waals surface area (Å²) in [4.78, 5) is 10.2. The molecular weight excluding hydrogens is 423 g/mol. The molecule has 2 aromatic heterocycles. The van der Waals surface area contributed by atoms with Crippen molar-refractivity contribution < 1.29 is 0 Å². The Morgan fingerprint density at radius 1 is 1.43 bits per heavy atom. The molecule has 8 heteroatoms. The van der Waals surface area contributed by atoms with Crippen LogP contribution in [0.3, 0.4) is 0 Å². The van der Waals surface area contributed by atoms with Gasteiger partial charge in [0, 0.05) is 25.0 Å². The third-order valence-corrected chi connectivity index (χ3v) is 4.17. The predicted molar refractivity (Wildman–Crippen MR) is 106 cm³/mol. The van der Waals surface area contributed by atoms with Gasteiger partial charge in [-0.3, -0.25) is 4.68 Å². The van der Waals surface area contributed by atoms with Crippen LogP contribution in [0.2, 0.25) is 0 Å². The van der Waals surface area contributed by atoms with Crippen molar-refractivity contribution in [2.45, 2.75) is 26.8 Å². The summed E-state index contributed by atoms with van der Waals surface area (Å²) in [6.45, 7) is 6.56. The molecule has 0 bridgehead atoms. The Hall–Kier alpha value is -1.16. The zero-order valence-corrected chi connectivity index (χ0v) is 17.0. The van der Waals surface area contributed by atoms with Gasteiger partial charge in [0.15, 0.2) is 5.96 Å². The maximum atomic E-state index is 4.56. The van der Waals surface area contributed by atoms with Crippen molar-refractivity contribution in [2.24, 2.45) is 18.0 Å². The van der Waals surface area contributed by atoms with Crippen molar-refractivity contribution in [3.8, 4) is 0 Å². The van der Waals surface area contributed by atoms with Crippen molar-refractivity contribution in [3.05, 3.63) is 34.5 Å². The Bertz CT molecular complexity index is 581. The molecule has 6 nitrogen and oxygen atoms in total. The van der Waals surface area contributed by atoms with Crippen LogP contribution in [0, 0.1) is 5.92 Å². The first-order valence-corrected chi connectivity index (χ1v) is 8.44. The fraction of sp³-hybridized carbons (Fsp3) is 0.533. The molecule has 0 saturated carbocycles. The second-order valence-electron chi connectivity index (χ2n) is 5.26. The number of thiophene rings is 1. The van der Waals surface area contributed by atoms with Gasteiger partial charge in [-0.1, -0.05) is 13.0 Å². The van der Waals surface area contributed by atoms with Crippen LogP contribution in [-0.2, 0) is 20.0 Å². The van der Waals surface area contributed by atoms with Crippen LogP contribution < -0.4 is 10.6 Å². The largest absolute Gasteiger partial charge is 0.357 e. The highest BCUT2D eigenvalue weighted by Gasteiger charge is 2.06. The van der Waals surface area contributed by atoms with Crippen LogP contribution >= 0.6 is 35.3 Å². The van der Waals surface area contributed by atoms with E-state index in [9.17, 15) is 0 Å². The van der Waals surface area contributed by atoms with Gasteiger partial charge >= 0.3 is 0 Å². The van der Waals surface area contributed by atoms with E-state index in [1.54, 1.807) is 11.0 Å². The highest BCUT2D eigenvalue weighted by atomic mass is 127. The summed E-state index contributed by atoms with van der Waals surface area (Å²) in [6, 6.07) is 4.29. The van der Waals surface area contributed by atoms with Gasteiger partial charge in [0.25, 0.3) is 0 Å². The van der Waals surface area contributed by atoms with Crippen LogP contribution in [-0.4, -0.2) is 33.8 Å². The Morgan fingerprint density at radius 2 is 2.26 bits per heavy atom. The standard InChI is InChI=1S/C15H24N6S.HI/c1-4-16-15(18-10-14-19-11-20-21(14)3)17-9-12(2)8-13-6-5-7-22-13;/h5-7,11-12H,4,8-10H2,1-3H3,(H2,16,17,18);1H. The van der Waals surface area contributed by atoms with E-state index in [1.165, 1.54) is 4.88 Å². The van der Waals surface area contributed by atoms with Gasteiger partial charge in [-0.2, -0.15) is 5.10 Å². The lowest BCUT2D eigenvalue weighted by atomic mass is 10.1. The number of guanidine groups is 1. The van der Waals surface area contributed by atoms with Gasteiger partial charge in [0.2, 0.25) is 0 Å². The number of rotatable bonds is 7. The van der Waals surface area contributed by atoms with Gasteiger partial charge in [0.05, 0.1) is 0 Å². The number of nitrogens with zero attached hydrogens (tertiary/aromatic N) is 4. The Balaban J connectivity index is 0.00000264. The number of hydrogen-bond donors (Lipinski definition) is 2. The SMILES string of the molecule is CCNC(=NCc1ncnn1C)NCC(C)Cc1cccs1.I. The second-order valence-corrected chi connectivity index (χ2v) is 6.30. The maximum absolute atomic E-state index is 4.56. The van der Waals surface area contributed by atoms with Gasteiger partial charge in [0.1, 0.15) is 18.7 Å². The lowest BCUT2D eigenvalue weighted by Crippen LogP contribution is -2.39. The van der Waals surface area contributed by atoms with E-state index in [2.05, 4.69) is 57.1 Å². The van der Waals surface area contributed by atoms with E-state index < -0.39 is 0 Å². The van der Waals surface area contributed by atoms with Gasteiger partial charge < -0.3 is 10.6 Å². The smallest absolute Gasteiger partial charge is 0.191 e. The molecule has 0 amide bonds. The molecule has 0 fully saturated rings. The number of aromatic nitrogens is 3. The quantitative estimate of drug-likeness (QED) is 0.388. The minimum Gasteiger partial charge on any atom is -0.357 e. The summed E-state index contributed by atoms with van der Waals surface area (Å²) < 4.78 is 1.74. The minimum absolute atomic E-state index is 0. The molecular formula is C15H25IN6S. The molecule has 2 aromatic rings. The summed E-state index contributed by atoms with van der Waals surface area (Å²) in [5.41, 5.74) is 0. The lowest BCUT2D eigenvalue weighted by Gasteiger charge is -2.15. The molecule has 0 aliphatic heterocycles. The first kappa shape index (κ1) is 19.9. The molecule has 0 saturated heterocycles. The van der Waals surface area contributed by atoms with Crippen molar-refractivity contribution in [1.82, 2.24) is 25.4 Å². The molecule has 2 N–H and O–H groups in total. The van der Waals surface area contributed by atoms with E-state index in [0.717, 1.165) is 31.3 Å². The molecule has 2 heterocycles. The molecule has 1 atom stereocenters. The highest BCUT2D eigenvalue weighted by molar-refractivity contribution is 14.0. The number of aryl methyl sites for hydroxylation is 1. The minimum atomic E-state index is 0. The van der Waals surface area contributed by atoms with Gasteiger partial charge in [-0.15, -0.1) is 35.3 Å². The predicted octanol–water partition coefficient (Wildman–Crippen LogP) is 2.43. The average Bonchev–Trinajstić information content (AvgIpc) is 3.14. The van der Waals surface area contributed by atoms with Crippen LogP contribution in [0.5, 0.6) is 0 Å². The lowest BCUT2D eigenvalue weighted by molar-refractivity contribution is 0.561. The molecule has 1 unspecified atom stereocenters. The van der Waals surface area contributed by atoms with Crippen molar-refractivity contribution in [1.29, 1.82) is 0 Å². The molecule has 0 aromatic carbocycles. The Labute approximate surface area is 158 Å². The Kier molecular flexibility index (Phi) is 9.15. The van der Waals surface area contributed by atoms with Crippen molar-refractivity contribution >= 4 is 41.3 Å². The first-order valence-electron chi connectivity index (χ1n) is 7.56. The topological polar surface area (TPSA) is 67.1 Å². The van der Waals surface area contributed by atoms with Crippen LogP contribution in [0.25, 0.3) is 0 Å². The van der Waals surface area contributed by atoms with E-state index >= 15 is 0 Å². The molecule has 23 heavy (non-hydrogen) atoms. The normalized spacial score (nSPS) is 12.6. The molecule has 0 radical (unpaired) electrons. The number of hydrogen-bond acceptors (Lipinski definition) is 4. The Morgan fingerprint density at radius 3 is 2.87 bits per heavy atom. The molecule has 0 aliphatic rings. The highest BCUT2D eigenvalue weighted by Crippen LogP contribution is 2.13. The summed E-state index contributed by atoms with van der Waals surface area (Å²) in [5, 5.41) is 12.8. The number of nitrogens with one attached hydrogen (secondary N) is 2. The van der Waals surface area contributed by atoms with Crippen LogP contribution in [0.1, 0.15) is 24.5 Å². The summed E-state index contributed by atoms with van der Waals surface area (Å²) >= 11 is 1.81. The average molecular weight is 448 g/mol. The summed E-state index contributed by atoms with van der Waals surface area (Å²) in [7, 11) is 1.88. The fourth-order valence-electron chi connectivity index (χ4n) is 2.07. The van der Waals surface area contributed by atoms with Gasteiger partial charge in [-0.25, -0.2) is 9.98 Å².